The second-order valence-electron chi connectivity index (χ2n) is 9.86. The van der Waals surface area contributed by atoms with Crippen LogP contribution >= 0.6 is 0 Å². The van der Waals surface area contributed by atoms with Crippen molar-refractivity contribution in [3.05, 3.63) is 132 Å². The first kappa shape index (κ1) is 25.5. The van der Waals surface area contributed by atoms with Crippen LogP contribution < -0.4 is 0 Å². The Morgan fingerprint density at radius 3 is 2.21 bits per heavy atom. The summed E-state index contributed by atoms with van der Waals surface area (Å²) in [6, 6.07) is 37.5. The third-order valence-corrected chi connectivity index (χ3v) is 7.48. The Morgan fingerprint density at radius 1 is 0.816 bits per heavy atom. The van der Waals surface area contributed by atoms with Gasteiger partial charge in [0.05, 0.1) is 6.42 Å². The number of benzene rings is 4. The van der Waals surface area contributed by atoms with Gasteiger partial charge in [-0.25, -0.2) is 0 Å². The van der Waals surface area contributed by atoms with Gasteiger partial charge in [0, 0.05) is 36.9 Å². The smallest absolute Gasteiger partial charge is 0.305 e. The molecule has 0 amide bonds. The van der Waals surface area contributed by atoms with E-state index < -0.39 is 5.97 Å². The molecule has 4 nitrogen and oxygen atoms in total. The van der Waals surface area contributed by atoms with E-state index in [-0.39, 0.29) is 18.5 Å². The highest BCUT2D eigenvalue weighted by atomic mass is 16.4. The molecule has 2 atom stereocenters. The molecular weight excluding hydrogens is 468 g/mol. The van der Waals surface area contributed by atoms with Crippen molar-refractivity contribution in [3.63, 3.8) is 0 Å². The molecule has 0 radical (unpaired) electrons. The molecule has 4 heteroatoms. The highest BCUT2D eigenvalue weighted by molar-refractivity contribution is 5.85. The Labute approximate surface area is 224 Å². The van der Waals surface area contributed by atoms with E-state index in [1.807, 2.05) is 36.4 Å². The van der Waals surface area contributed by atoms with E-state index in [1.54, 1.807) is 0 Å². The Morgan fingerprint density at radius 2 is 1.50 bits per heavy atom. The zero-order valence-electron chi connectivity index (χ0n) is 22.0. The van der Waals surface area contributed by atoms with Gasteiger partial charge in [-0.15, -0.1) is 0 Å². The van der Waals surface area contributed by atoms with Gasteiger partial charge >= 0.3 is 5.97 Å². The lowest BCUT2D eigenvalue weighted by atomic mass is 9.94. The zero-order valence-corrected chi connectivity index (χ0v) is 22.0. The number of aryl methyl sites for hydroxylation is 1. The number of carboxylic acid groups (broad SMARTS) is 1. The number of rotatable bonds is 10. The number of hydrogen-bond donors (Lipinski definition) is 1. The van der Waals surface area contributed by atoms with Gasteiger partial charge in [-0.05, 0) is 65.3 Å². The molecule has 0 saturated heterocycles. The fraction of sp³-hybridized carbons (Fsp3) is 0.206. The largest absolute Gasteiger partial charge is 0.481 e. The number of hydrogen-bond acceptors (Lipinski definition) is 2. The average Bonchev–Trinajstić information content (AvgIpc) is 3.38. The lowest BCUT2D eigenvalue weighted by molar-refractivity contribution is -0.138. The van der Waals surface area contributed by atoms with Crippen LogP contribution in [-0.4, -0.2) is 20.5 Å². The number of aromatic nitrogens is 1. The van der Waals surface area contributed by atoms with Crippen LogP contribution in [0.25, 0.3) is 22.0 Å². The molecule has 0 unspecified atom stereocenters. The van der Waals surface area contributed by atoms with E-state index in [0.29, 0.717) is 6.54 Å². The fourth-order valence-electron chi connectivity index (χ4n) is 5.39. The molecule has 5 rings (SSSR count). The molecule has 1 aromatic heterocycles. The molecule has 0 aliphatic carbocycles. The molecule has 0 saturated carbocycles. The molecule has 0 fully saturated rings. The highest BCUT2D eigenvalue weighted by Crippen LogP contribution is 2.36. The predicted molar refractivity (Wildman–Crippen MR) is 155 cm³/mol. The van der Waals surface area contributed by atoms with Gasteiger partial charge in [-0.3, -0.25) is 9.69 Å². The molecule has 38 heavy (non-hydrogen) atoms. The van der Waals surface area contributed by atoms with Crippen LogP contribution in [0.15, 0.2) is 115 Å². The minimum atomic E-state index is -0.805. The van der Waals surface area contributed by atoms with Gasteiger partial charge < -0.3 is 9.67 Å². The summed E-state index contributed by atoms with van der Waals surface area (Å²) >= 11 is 0. The van der Waals surface area contributed by atoms with Crippen molar-refractivity contribution in [3.8, 4) is 11.1 Å². The number of aliphatic carboxylic acids is 1. The van der Waals surface area contributed by atoms with E-state index in [9.17, 15) is 9.90 Å². The van der Waals surface area contributed by atoms with Crippen molar-refractivity contribution in [2.24, 2.45) is 0 Å². The van der Waals surface area contributed by atoms with Gasteiger partial charge in [-0.2, -0.15) is 0 Å². The Kier molecular flexibility index (Phi) is 7.71. The maximum atomic E-state index is 12.2. The Hall–Kier alpha value is -4.15. The van der Waals surface area contributed by atoms with Gasteiger partial charge in [0.25, 0.3) is 0 Å². The SMILES string of the molecule is CCn1ccc2ccc(-c3cccc([C@H](CC(=O)O)N(Cc4ccccc4)[C@H](C)c4ccccc4)c3)cc21. The average molecular weight is 503 g/mol. The van der Waals surface area contributed by atoms with Crippen molar-refractivity contribution in [2.45, 2.75) is 45.4 Å². The molecule has 5 aromatic rings. The lowest BCUT2D eigenvalue weighted by Crippen LogP contribution is -2.32. The van der Waals surface area contributed by atoms with Crippen LogP contribution in [0.3, 0.4) is 0 Å². The van der Waals surface area contributed by atoms with Crippen molar-refractivity contribution in [2.75, 3.05) is 0 Å². The molecule has 4 aromatic carbocycles. The number of fused-ring (bicyclic) bond motifs is 1. The summed E-state index contributed by atoms with van der Waals surface area (Å²) in [6.07, 6.45) is 2.14. The lowest BCUT2D eigenvalue weighted by Gasteiger charge is -2.37. The number of nitrogens with zero attached hydrogens (tertiary/aromatic N) is 2. The molecule has 0 bridgehead atoms. The van der Waals surface area contributed by atoms with Crippen molar-refractivity contribution < 1.29 is 9.90 Å². The van der Waals surface area contributed by atoms with E-state index in [2.05, 4.69) is 102 Å². The van der Waals surface area contributed by atoms with E-state index in [4.69, 9.17) is 0 Å². The van der Waals surface area contributed by atoms with Crippen LogP contribution in [0, 0.1) is 0 Å². The summed E-state index contributed by atoms with van der Waals surface area (Å²) in [6.45, 7) is 5.89. The molecule has 0 aliphatic heterocycles. The minimum absolute atomic E-state index is 0.0190. The maximum absolute atomic E-state index is 12.2. The molecule has 192 valence electrons. The van der Waals surface area contributed by atoms with Crippen LogP contribution in [-0.2, 0) is 17.9 Å². The molecule has 1 N–H and O–H groups in total. The van der Waals surface area contributed by atoms with Crippen molar-refractivity contribution in [1.29, 1.82) is 0 Å². The summed E-state index contributed by atoms with van der Waals surface area (Å²) in [5.41, 5.74) is 6.77. The second kappa shape index (κ2) is 11.5. The molecule has 0 spiro atoms. The monoisotopic (exact) mass is 502 g/mol. The highest BCUT2D eigenvalue weighted by Gasteiger charge is 2.28. The third-order valence-electron chi connectivity index (χ3n) is 7.48. The van der Waals surface area contributed by atoms with Crippen LogP contribution in [0.1, 0.15) is 49.0 Å². The standard InChI is InChI=1S/C34H34N2O2/c1-3-35-20-19-28-17-18-30(22-32(28)35)29-15-10-16-31(21-29)33(23-34(37)38)36(24-26-11-6-4-7-12-26)25(2)27-13-8-5-9-14-27/h4-22,25,33H,3,23-24H2,1-2H3,(H,37,38)/t25-,33+/m1/s1. The third kappa shape index (κ3) is 5.56. The van der Waals surface area contributed by atoms with Crippen LogP contribution in [0.2, 0.25) is 0 Å². The number of carboxylic acids is 1. The summed E-state index contributed by atoms with van der Waals surface area (Å²) in [5, 5.41) is 11.2. The number of carbonyl (C=O) groups is 1. The first-order valence-corrected chi connectivity index (χ1v) is 13.3. The summed E-state index contributed by atoms with van der Waals surface area (Å²) in [5.74, 6) is -0.805. The first-order chi connectivity index (χ1) is 18.5. The van der Waals surface area contributed by atoms with Gasteiger partial charge in [-0.1, -0.05) is 91.0 Å². The van der Waals surface area contributed by atoms with E-state index >= 15 is 0 Å². The van der Waals surface area contributed by atoms with Crippen LogP contribution in [0.5, 0.6) is 0 Å². The second-order valence-corrected chi connectivity index (χ2v) is 9.86. The maximum Gasteiger partial charge on any atom is 0.305 e. The molecule has 0 aliphatic rings. The fourth-order valence-corrected chi connectivity index (χ4v) is 5.39. The van der Waals surface area contributed by atoms with Crippen molar-refractivity contribution >= 4 is 16.9 Å². The normalized spacial score (nSPS) is 13.0. The van der Waals surface area contributed by atoms with Crippen molar-refractivity contribution in [1.82, 2.24) is 9.47 Å². The first-order valence-electron chi connectivity index (χ1n) is 13.3. The minimum Gasteiger partial charge on any atom is -0.481 e. The van der Waals surface area contributed by atoms with Crippen LogP contribution in [0.4, 0.5) is 0 Å². The topological polar surface area (TPSA) is 45.5 Å². The summed E-state index contributed by atoms with van der Waals surface area (Å²) < 4.78 is 2.25. The summed E-state index contributed by atoms with van der Waals surface area (Å²) in [7, 11) is 0. The van der Waals surface area contributed by atoms with Gasteiger partial charge in [0.15, 0.2) is 0 Å². The zero-order chi connectivity index (χ0) is 26.5. The molecular formula is C34H34N2O2. The Bertz CT molecular complexity index is 1510. The van der Waals surface area contributed by atoms with E-state index in [0.717, 1.165) is 28.8 Å². The predicted octanol–water partition coefficient (Wildman–Crippen LogP) is 8.11. The Balaban J connectivity index is 1.57. The molecule has 1 heterocycles. The van der Waals surface area contributed by atoms with Gasteiger partial charge in [0.2, 0.25) is 0 Å². The summed E-state index contributed by atoms with van der Waals surface area (Å²) in [4.78, 5) is 14.5. The van der Waals surface area contributed by atoms with E-state index in [1.165, 1.54) is 16.5 Å². The quantitative estimate of drug-likeness (QED) is 0.210. The van der Waals surface area contributed by atoms with Gasteiger partial charge in [0.1, 0.15) is 0 Å².